The summed E-state index contributed by atoms with van der Waals surface area (Å²) in [6, 6.07) is 18.4. The summed E-state index contributed by atoms with van der Waals surface area (Å²) in [6.45, 7) is 9.16. The number of hydrogen-bond acceptors (Lipinski definition) is 3. The smallest absolute Gasteiger partial charge is 0.0940 e. The van der Waals surface area contributed by atoms with E-state index in [1.54, 1.807) is 0 Å². The van der Waals surface area contributed by atoms with Crippen LogP contribution < -0.4 is 10.2 Å². The first-order valence-electron chi connectivity index (χ1n) is 8.46. The predicted molar refractivity (Wildman–Crippen MR) is 112 cm³/mol. The second-order valence-electron chi connectivity index (χ2n) is 5.86. The van der Waals surface area contributed by atoms with Crippen LogP contribution in [-0.4, -0.2) is 24.2 Å². The molecule has 2 N–H and O–H groups in total. The number of aliphatic hydroxyl groups excluding tert-OH is 1. The lowest BCUT2D eigenvalue weighted by Gasteiger charge is -2.22. The number of nitrogens with one attached hydrogen (secondary N) is 1. The van der Waals surface area contributed by atoms with Gasteiger partial charge >= 0.3 is 0 Å². The molecule has 25 heavy (non-hydrogen) atoms. The lowest BCUT2D eigenvalue weighted by molar-refractivity contribution is 0.135. The zero-order valence-electron chi connectivity index (χ0n) is 15.2. The first-order valence-corrected chi connectivity index (χ1v) is 8.46. The van der Waals surface area contributed by atoms with Crippen LogP contribution in [0.1, 0.15) is 38.0 Å². The Morgan fingerprint density at radius 2 is 1.48 bits per heavy atom. The van der Waals surface area contributed by atoms with Crippen LogP contribution in [0.15, 0.2) is 54.6 Å². The van der Waals surface area contributed by atoms with Gasteiger partial charge in [-0.05, 0) is 44.0 Å². The highest BCUT2D eigenvalue weighted by atomic mass is 35.5. The lowest BCUT2D eigenvalue weighted by Crippen LogP contribution is -2.31. The van der Waals surface area contributed by atoms with Crippen molar-refractivity contribution in [2.75, 3.05) is 18.0 Å². The number of aliphatic hydroxyl groups is 1. The first kappa shape index (κ1) is 23.7. The number of halogens is 2. The van der Waals surface area contributed by atoms with Gasteiger partial charge in [-0.15, -0.1) is 24.8 Å². The largest absolute Gasteiger partial charge is 0.387 e. The Bertz CT molecular complexity index is 574. The maximum Gasteiger partial charge on any atom is 0.0940 e. The van der Waals surface area contributed by atoms with Crippen molar-refractivity contribution in [3.8, 4) is 0 Å². The summed E-state index contributed by atoms with van der Waals surface area (Å²) in [7, 11) is 0. The van der Waals surface area contributed by atoms with Gasteiger partial charge in [-0.3, -0.25) is 0 Å². The van der Waals surface area contributed by atoms with Crippen LogP contribution in [0.4, 0.5) is 5.69 Å². The third-order valence-electron chi connectivity index (χ3n) is 4.31. The molecule has 2 rings (SSSR count). The van der Waals surface area contributed by atoms with E-state index < -0.39 is 6.10 Å². The summed E-state index contributed by atoms with van der Waals surface area (Å²) in [5, 5.41) is 13.8. The minimum absolute atomic E-state index is 0. The van der Waals surface area contributed by atoms with Crippen LogP contribution in [0.2, 0.25) is 0 Å². The molecule has 0 heterocycles. The lowest BCUT2D eigenvalue weighted by atomic mass is 10.0. The van der Waals surface area contributed by atoms with Crippen molar-refractivity contribution in [2.45, 2.75) is 39.5 Å². The fourth-order valence-electron chi connectivity index (χ4n) is 2.74. The van der Waals surface area contributed by atoms with Crippen LogP contribution in [0.25, 0.3) is 0 Å². The van der Waals surface area contributed by atoms with Crippen LogP contribution >= 0.6 is 24.8 Å². The van der Waals surface area contributed by atoms with E-state index in [4.69, 9.17) is 0 Å². The molecule has 2 aromatic carbocycles. The molecular formula is C20H30Cl2N2O. The third-order valence-corrected chi connectivity index (χ3v) is 4.31. The zero-order chi connectivity index (χ0) is 16.7. The second-order valence-corrected chi connectivity index (χ2v) is 5.86. The Morgan fingerprint density at radius 3 is 2.00 bits per heavy atom. The first-order chi connectivity index (χ1) is 11.2. The summed E-state index contributed by atoms with van der Waals surface area (Å²) in [5.74, 6) is 0. The minimum Gasteiger partial charge on any atom is -0.387 e. The molecule has 0 spiro atoms. The molecule has 2 unspecified atom stereocenters. The fraction of sp³-hybridized carbons (Fsp3) is 0.400. The maximum absolute atomic E-state index is 10.4. The van der Waals surface area contributed by atoms with Gasteiger partial charge < -0.3 is 15.3 Å². The molecule has 0 aromatic heterocycles. The number of nitrogens with zero attached hydrogens (tertiary/aromatic N) is 1. The van der Waals surface area contributed by atoms with E-state index in [9.17, 15) is 5.11 Å². The zero-order valence-corrected chi connectivity index (χ0v) is 16.8. The van der Waals surface area contributed by atoms with Crippen molar-refractivity contribution in [3.05, 3.63) is 65.7 Å². The van der Waals surface area contributed by atoms with Crippen molar-refractivity contribution in [3.63, 3.8) is 0 Å². The molecule has 0 bridgehead atoms. The van der Waals surface area contributed by atoms with Gasteiger partial charge in [0.15, 0.2) is 0 Å². The molecule has 0 aliphatic heterocycles. The molecule has 0 amide bonds. The van der Waals surface area contributed by atoms with Crippen LogP contribution in [0, 0.1) is 0 Å². The highest BCUT2D eigenvalue weighted by molar-refractivity contribution is 5.85. The van der Waals surface area contributed by atoms with E-state index in [-0.39, 0.29) is 30.9 Å². The normalized spacial score (nSPS) is 12.5. The molecule has 0 radical (unpaired) electrons. The molecule has 2 aromatic rings. The molecule has 0 aliphatic rings. The standard InChI is InChI=1S/C20H28N2O.2ClH/c1-4-22(5-2)19-13-11-17(12-14-19)15-21-16(3)20(23)18-9-7-6-8-10-18;;/h6-14,16,20-21,23H,4-5,15H2,1-3H3;2*1H. The van der Waals surface area contributed by atoms with E-state index in [1.807, 2.05) is 37.3 Å². The molecule has 0 saturated carbocycles. The molecule has 2 atom stereocenters. The van der Waals surface area contributed by atoms with Crippen molar-refractivity contribution in [2.24, 2.45) is 0 Å². The molecule has 140 valence electrons. The van der Waals surface area contributed by atoms with Gasteiger partial charge in [0.25, 0.3) is 0 Å². The molecule has 3 nitrogen and oxygen atoms in total. The Morgan fingerprint density at radius 1 is 0.920 bits per heavy atom. The summed E-state index contributed by atoms with van der Waals surface area (Å²) in [5.41, 5.74) is 3.44. The van der Waals surface area contributed by atoms with Gasteiger partial charge in [0.1, 0.15) is 0 Å². The Hall–Kier alpha value is -1.26. The molecule has 0 saturated heterocycles. The van der Waals surface area contributed by atoms with E-state index in [1.165, 1.54) is 11.3 Å². The minimum atomic E-state index is -0.494. The van der Waals surface area contributed by atoms with Crippen molar-refractivity contribution in [1.82, 2.24) is 5.32 Å². The number of hydrogen-bond donors (Lipinski definition) is 2. The van der Waals surface area contributed by atoms with Crippen LogP contribution in [0.5, 0.6) is 0 Å². The SMILES string of the molecule is CCN(CC)c1ccc(CNC(C)C(O)c2ccccc2)cc1.Cl.Cl. The van der Waals surface area contributed by atoms with Gasteiger partial charge in [-0.1, -0.05) is 42.5 Å². The highest BCUT2D eigenvalue weighted by Crippen LogP contribution is 2.18. The Balaban J connectivity index is 0.00000288. The number of anilines is 1. The van der Waals surface area contributed by atoms with Gasteiger partial charge in [-0.2, -0.15) is 0 Å². The van der Waals surface area contributed by atoms with Gasteiger partial charge in [0.05, 0.1) is 6.10 Å². The maximum atomic E-state index is 10.4. The molecule has 0 aliphatic carbocycles. The van der Waals surface area contributed by atoms with Crippen molar-refractivity contribution in [1.29, 1.82) is 0 Å². The van der Waals surface area contributed by atoms with Gasteiger partial charge in [0.2, 0.25) is 0 Å². The third kappa shape index (κ3) is 6.87. The fourth-order valence-corrected chi connectivity index (χ4v) is 2.74. The second kappa shape index (κ2) is 12.2. The Kier molecular flexibility index (Phi) is 11.5. The van der Waals surface area contributed by atoms with E-state index >= 15 is 0 Å². The van der Waals surface area contributed by atoms with Gasteiger partial charge in [0, 0.05) is 31.4 Å². The molecule has 0 fully saturated rings. The van der Waals surface area contributed by atoms with Crippen LogP contribution in [-0.2, 0) is 6.54 Å². The highest BCUT2D eigenvalue weighted by Gasteiger charge is 2.15. The Labute approximate surface area is 164 Å². The van der Waals surface area contributed by atoms with E-state index in [0.29, 0.717) is 0 Å². The average molecular weight is 385 g/mol. The van der Waals surface area contributed by atoms with Gasteiger partial charge in [-0.25, -0.2) is 0 Å². The summed E-state index contributed by atoms with van der Waals surface area (Å²) < 4.78 is 0. The van der Waals surface area contributed by atoms with Crippen LogP contribution in [0.3, 0.4) is 0 Å². The summed E-state index contributed by atoms with van der Waals surface area (Å²) in [6.07, 6.45) is -0.494. The topological polar surface area (TPSA) is 35.5 Å². The predicted octanol–water partition coefficient (Wildman–Crippen LogP) is 4.59. The number of rotatable bonds is 8. The molecule has 5 heteroatoms. The summed E-state index contributed by atoms with van der Waals surface area (Å²) in [4.78, 5) is 2.33. The molecular weight excluding hydrogens is 355 g/mol. The average Bonchev–Trinajstić information content (AvgIpc) is 2.62. The number of benzene rings is 2. The quantitative estimate of drug-likeness (QED) is 0.698. The van der Waals surface area contributed by atoms with Crippen molar-refractivity contribution < 1.29 is 5.11 Å². The van der Waals surface area contributed by atoms with E-state index in [2.05, 4.69) is 48.3 Å². The summed E-state index contributed by atoms with van der Waals surface area (Å²) >= 11 is 0. The van der Waals surface area contributed by atoms with E-state index in [0.717, 1.165) is 25.2 Å². The van der Waals surface area contributed by atoms with Crippen molar-refractivity contribution >= 4 is 30.5 Å². The monoisotopic (exact) mass is 384 g/mol.